The van der Waals surface area contributed by atoms with E-state index in [4.69, 9.17) is 22.0 Å². The van der Waals surface area contributed by atoms with E-state index in [1.54, 1.807) is 6.07 Å². The molecule has 0 radical (unpaired) electrons. The van der Waals surface area contributed by atoms with Gasteiger partial charge in [-0.25, -0.2) is 21.6 Å². The largest absolute Gasteiger partial charge is 0.340 e. The zero-order chi connectivity index (χ0) is 35.5. The van der Waals surface area contributed by atoms with Gasteiger partial charge in [0, 0.05) is 86.5 Å². The number of nitriles is 1. The summed E-state index contributed by atoms with van der Waals surface area (Å²) in [5.74, 6) is 0.299. The van der Waals surface area contributed by atoms with E-state index in [-0.39, 0.29) is 23.5 Å². The van der Waals surface area contributed by atoms with Crippen molar-refractivity contribution in [3.63, 3.8) is 0 Å². The van der Waals surface area contributed by atoms with Crippen molar-refractivity contribution in [1.82, 2.24) is 28.6 Å². The maximum atomic E-state index is 12.8. The minimum Gasteiger partial charge on any atom is -0.340 e. The predicted octanol–water partition coefficient (Wildman–Crippen LogP) is 3.78. The highest BCUT2D eigenvalue weighted by Gasteiger charge is 2.32. The number of nitrogens with one attached hydrogen (secondary N) is 1. The SMILES string of the molecule is CS(=O)(=O)N1CCc2c(c(-c3ccc(Cl)c(CCCNS(=O)(=O)c4cccc(C#N)c4)c3)nn2CCCN2CCC(N3CCCC3=O)CC2)C1. The van der Waals surface area contributed by atoms with Gasteiger partial charge >= 0.3 is 0 Å². The maximum Gasteiger partial charge on any atom is 0.240 e. The van der Waals surface area contributed by atoms with Gasteiger partial charge < -0.3 is 9.80 Å². The molecule has 0 aliphatic carbocycles. The molecular weight excluding hydrogens is 698 g/mol. The van der Waals surface area contributed by atoms with Gasteiger partial charge in [0.05, 0.1) is 28.5 Å². The lowest BCUT2D eigenvalue weighted by molar-refractivity contribution is -0.130. The van der Waals surface area contributed by atoms with Crippen LogP contribution in [0.3, 0.4) is 0 Å². The van der Waals surface area contributed by atoms with Gasteiger partial charge in [-0.05, 0) is 81.0 Å². The second-order valence-corrected chi connectivity index (χ2v) is 17.6. The van der Waals surface area contributed by atoms with E-state index >= 15 is 0 Å². The van der Waals surface area contributed by atoms with Crippen LogP contribution in [0.5, 0.6) is 0 Å². The number of amides is 1. The lowest BCUT2D eigenvalue weighted by Gasteiger charge is -2.36. The smallest absolute Gasteiger partial charge is 0.240 e. The van der Waals surface area contributed by atoms with Crippen molar-refractivity contribution in [2.45, 2.75) is 75.4 Å². The molecule has 4 heterocycles. The zero-order valence-electron chi connectivity index (χ0n) is 28.4. The average Bonchev–Trinajstić information content (AvgIpc) is 3.70. The molecular formula is C35H44ClN7O5S2. The fourth-order valence-electron chi connectivity index (χ4n) is 7.33. The van der Waals surface area contributed by atoms with Gasteiger partial charge in [0.2, 0.25) is 26.0 Å². The minimum absolute atomic E-state index is 0.0415. The highest BCUT2D eigenvalue weighted by Crippen LogP contribution is 2.33. The number of sulfonamides is 2. The number of hydrogen-bond donors (Lipinski definition) is 1. The lowest BCUT2D eigenvalue weighted by Crippen LogP contribution is -2.45. The van der Waals surface area contributed by atoms with Crippen LogP contribution in [0.1, 0.15) is 60.9 Å². The van der Waals surface area contributed by atoms with E-state index in [2.05, 4.69) is 14.5 Å². The number of carbonyl (C=O) groups excluding carboxylic acids is 1. The molecule has 3 aliphatic heterocycles. The molecule has 268 valence electrons. The van der Waals surface area contributed by atoms with Crippen LogP contribution in [0.25, 0.3) is 11.3 Å². The van der Waals surface area contributed by atoms with Crippen LogP contribution >= 0.6 is 11.6 Å². The van der Waals surface area contributed by atoms with Crippen molar-refractivity contribution >= 4 is 37.6 Å². The summed E-state index contributed by atoms with van der Waals surface area (Å²) in [6, 6.07) is 13.9. The van der Waals surface area contributed by atoms with E-state index in [0.29, 0.717) is 55.7 Å². The average molecular weight is 742 g/mol. The van der Waals surface area contributed by atoms with Gasteiger partial charge in [-0.2, -0.15) is 14.7 Å². The predicted molar refractivity (Wildman–Crippen MR) is 191 cm³/mol. The van der Waals surface area contributed by atoms with E-state index < -0.39 is 20.0 Å². The fraction of sp³-hybridized carbons (Fsp3) is 0.514. The van der Waals surface area contributed by atoms with E-state index in [9.17, 15) is 21.6 Å². The number of rotatable bonds is 13. The van der Waals surface area contributed by atoms with Crippen molar-refractivity contribution in [1.29, 1.82) is 5.26 Å². The van der Waals surface area contributed by atoms with E-state index in [1.807, 2.05) is 29.0 Å². The molecule has 12 nitrogen and oxygen atoms in total. The third kappa shape index (κ3) is 8.41. The molecule has 0 spiro atoms. The topological polar surface area (TPSA) is 149 Å². The number of aromatic nitrogens is 2. The molecule has 6 rings (SSSR count). The van der Waals surface area contributed by atoms with Crippen LogP contribution in [-0.2, 0) is 50.8 Å². The van der Waals surface area contributed by atoms with Gasteiger partial charge in [0.1, 0.15) is 0 Å². The summed E-state index contributed by atoms with van der Waals surface area (Å²) in [5, 5.41) is 14.7. The molecule has 0 atom stereocenters. The molecule has 50 heavy (non-hydrogen) atoms. The molecule has 0 bridgehead atoms. The summed E-state index contributed by atoms with van der Waals surface area (Å²) < 4.78 is 56.8. The standard InChI is InChI=1S/C35H44ClN7O5S2/c1-49(45,46)41-21-14-33-31(25-41)35(39-43(33)18-5-16-40-19-12-29(13-20-40)42-17-4-9-34(42)44)28-10-11-32(36)27(23-28)7-3-15-38-50(47,48)30-8-2-6-26(22-30)24-37/h2,6,8,10-11,22-23,29,38H,3-5,7,9,12-21,25H2,1H3. The van der Waals surface area contributed by atoms with Crippen LogP contribution in [0.15, 0.2) is 47.4 Å². The summed E-state index contributed by atoms with van der Waals surface area (Å²) in [6.45, 7) is 5.32. The van der Waals surface area contributed by atoms with Gasteiger partial charge in [-0.3, -0.25) is 9.48 Å². The molecule has 2 fully saturated rings. The van der Waals surface area contributed by atoms with E-state index in [1.165, 1.54) is 28.8 Å². The summed E-state index contributed by atoms with van der Waals surface area (Å²) in [6.07, 6.45) is 7.38. The molecule has 3 aliphatic rings. The summed E-state index contributed by atoms with van der Waals surface area (Å²) >= 11 is 6.60. The Balaban J connectivity index is 1.12. The monoisotopic (exact) mass is 741 g/mol. The van der Waals surface area contributed by atoms with Crippen molar-refractivity contribution in [3.8, 4) is 17.3 Å². The van der Waals surface area contributed by atoms with Crippen LogP contribution in [-0.4, -0.2) is 98.2 Å². The number of hydrogen-bond acceptors (Lipinski definition) is 8. The molecule has 2 saturated heterocycles. The summed E-state index contributed by atoms with van der Waals surface area (Å²) in [7, 11) is -7.17. The summed E-state index contributed by atoms with van der Waals surface area (Å²) in [4.78, 5) is 16.8. The van der Waals surface area contributed by atoms with Gasteiger partial charge in [0.25, 0.3) is 0 Å². The van der Waals surface area contributed by atoms with Crippen molar-refractivity contribution < 1.29 is 21.6 Å². The maximum absolute atomic E-state index is 12.8. The Kier molecular flexibility index (Phi) is 11.3. The highest BCUT2D eigenvalue weighted by molar-refractivity contribution is 7.89. The summed E-state index contributed by atoms with van der Waals surface area (Å²) in [5.41, 5.74) is 4.64. The molecule has 2 aromatic carbocycles. The Morgan fingerprint density at radius 2 is 1.80 bits per heavy atom. The van der Waals surface area contributed by atoms with Crippen LogP contribution < -0.4 is 4.72 Å². The normalized spacial score (nSPS) is 18.0. The quantitative estimate of drug-likeness (QED) is 0.261. The Bertz CT molecular complexity index is 1990. The van der Waals surface area contributed by atoms with Gasteiger partial charge in [-0.15, -0.1) is 0 Å². The lowest BCUT2D eigenvalue weighted by atomic mass is 9.99. The van der Waals surface area contributed by atoms with Crippen LogP contribution in [0.2, 0.25) is 5.02 Å². The molecule has 15 heteroatoms. The van der Waals surface area contributed by atoms with Crippen molar-refractivity contribution in [2.24, 2.45) is 0 Å². The van der Waals surface area contributed by atoms with Crippen LogP contribution in [0, 0.1) is 11.3 Å². The number of benzene rings is 2. The molecule has 3 aromatic rings. The molecule has 1 aromatic heterocycles. The number of fused-ring (bicyclic) bond motifs is 1. The number of aryl methyl sites for hydroxylation is 2. The second-order valence-electron chi connectivity index (χ2n) is 13.4. The Labute approximate surface area is 300 Å². The third-order valence-corrected chi connectivity index (χ3v) is 13.1. The molecule has 1 N–H and O–H groups in total. The van der Waals surface area contributed by atoms with Crippen molar-refractivity contribution in [3.05, 3.63) is 69.9 Å². The molecule has 1 amide bonds. The first-order chi connectivity index (χ1) is 23.9. The number of likely N-dealkylation sites (tertiary alicyclic amines) is 2. The first kappa shape index (κ1) is 36.5. The third-order valence-electron chi connectivity index (χ3n) is 10.0. The Morgan fingerprint density at radius 3 is 2.52 bits per heavy atom. The zero-order valence-corrected chi connectivity index (χ0v) is 30.7. The number of nitrogens with zero attached hydrogens (tertiary/aromatic N) is 6. The fourth-order valence-corrected chi connectivity index (χ4v) is 9.45. The minimum atomic E-state index is -3.77. The van der Waals surface area contributed by atoms with Gasteiger partial charge in [-0.1, -0.05) is 23.7 Å². The molecule has 0 saturated carbocycles. The Morgan fingerprint density at radius 1 is 1.00 bits per heavy atom. The first-order valence-corrected chi connectivity index (χ1v) is 21.0. The Hall–Kier alpha value is -3.32. The number of piperidine rings is 1. The van der Waals surface area contributed by atoms with Gasteiger partial charge in [0.15, 0.2) is 0 Å². The molecule has 0 unspecified atom stereocenters. The van der Waals surface area contributed by atoms with Crippen molar-refractivity contribution in [2.75, 3.05) is 45.5 Å². The first-order valence-electron chi connectivity index (χ1n) is 17.3. The number of halogens is 1. The van der Waals surface area contributed by atoms with E-state index in [0.717, 1.165) is 79.9 Å². The highest BCUT2D eigenvalue weighted by atomic mass is 35.5. The second kappa shape index (κ2) is 15.5. The number of carbonyl (C=O) groups is 1. The van der Waals surface area contributed by atoms with Crippen LogP contribution in [0.4, 0.5) is 0 Å².